The fraction of sp³-hybridized carbons (Fsp3) is 0.227. The molecule has 4 rings (SSSR count). The Morgan fingerprint density at radius 3 is 2.83 bits per heavy atom. The quantitative estimate of drug-likeness (QED) is 0.501. The number of ether oxygens (including phenoxy) is 1. The highest BCUT2D eigenvalue weighted by Gasteiger charge is 2.13. The van der Waals surface area contributed by atoms with E-state index in [1.54, 1.807) is 12.1 Å². The fourth-order valence-electron chi connectivity index (χ4n) is 3.03. The molecule has 1 N–H and O–H groups in total. The Bertz CT molecular complexity index is 1260. The van der Waals surface area contributed by atoms with E-state index in [4.69, 9.17) is 18.8 Å². The second-order valence-electron chi connectivity index (χ2n) is 6.58. The third-order valence-corrected chi connectivity index (χ3v) is 4.47. The molecule has 0 spiro atoms. The molecule has 8 heteroatoms. The molecule has 8 nitrogen and oxygen atoms in total. The number of imidazole rings is 1. The number of anilines is 1. The highest BCUT2D eigenvalue weighted by molar-refractivity contribution is 5.77. The summed E-state index contributed by atoms with van der Waals surface area (Å²) in [4.78, 5) is 8.85. The molecule has 30 heavy (non-hydrogen) atoms. The molecule has 0 aliphatic heterocycles. The zero-order chi connectivity index (χ0) is 20.9. The van der Waals surface area contributed by atoms with E-state index in [1.807, 2.05) is 48.8 Å². The van der Waals surface area contributed by atoms with Crippen molar-refractivity contribution in [2.45, 2.75) is 20.0 Å². The number of nitriles is 1. The molecule has 0 radical (unpaired) electrons. The number of nitrogens with zero attached hydrogens (tertiary/aromatic N) is 4. The number of nitrogens with one attached hydrogen (secondary N) is 1. The standard InChI is InChI=1S/C22H21N5O3/c1-3-9-25-22-29-14-18(30-22)13-28-17-6-4-16(5-7-17)20-21(24-2)27-10-8-15(12-23)11-19(27)26-20/h4-8,10-11,14,24H,3,9,13H2,1-2H3/b25-22-. The SMILES string of the molecule is CCC/N=c1/occ(COc2ccc(-c3nc4cc(C#N)ccn4c3NC)cc2)o1. The van der Waals surface area contributed by atoms with Crippen LogP contribution in [-0.4, -0.2) is 23.0 Å². The van der Waals surface area contributed by atoms with Crippen LogP contribution in [0.25, 0.3) is 16.9 Å². The van der Waals surface area contributed by atoms with E-state index in [0.717, 1.165) is 23.5 Å². The summed E-state index contributed by atoms with van der Waals surface area (Å²) in [6.45, 7) is 2.95. The van der Waals surface area contributed by atoms with Crippen molar-refractivity contribution in [3.8, 4) is 23.1 Å². The zero-order valence-electron chi connectivity index (χ0n) is 16.8. The van der Waals surface area contributed by atoms with Gasteiger partial charge in [-0.3, -0.25) is 4.40 Å². The van der Waals surface area contributed by atoms with E-state index < -0.39 is 0 Å². The summed E-state index contributed by atoms with van der Waals surface area (Å²) in [7, 11) is 1.85. The molecule has 1 aromatic carbocycles. The summed E-state index contributed by atoms with van der Waals surface area (Å²) in [5.74, 6) is 2.38. The highest BCUT2D eigenvalue weighted by Crippen LogP contribution is 2.30. The molecule has 4 aromatic rings. The van der Waals surface area contributed by atoms with Gasteiger partial charge in [0.15, 0.2) is 5.76 Å². The molecule has 0 bridgehead atoms. The van der Waals surface area contributed by atoms with Crippen LogP contribution in [0.1, 0.15) is 24.7 Å². The van der Waals surface area contributed by atoms with Crippen LogP contribution in [0.15, 0.2) is 62.7 Å². The number of pyridine rings is 1. The van der Waals surface area contributed by atoms with Gasteiger partial charge < -0.3 is 18.9 Å². The maximum absolute atomic E-state index is 9.12. The number of benzene rings is 1. The fourth-order valence-corrected chi connectivity index (χ4v) is 3.03. The highest BCUT2D eigenvalue weighted by atomic mass is 16.5. The minimum absolute atomic E-state index is 0.248. The Kier molecular flexibility index (Phi) is 5.52. The molecule has 0 atom stereocenters. The smallest absolute Gasteiger partial charge is 0.394 e. The van der Waals surface area contributed by atoms with Crippen molar-refractivity contribution in [3.63, 3.8) is 0 Å². The van der Waals surface area contributed by atoms with E-state index in [1.165, 1.54) is 6.26 Å². The molecule has 0 aliphatic carbocycles. The zero-order valence-corrected chi connectivity index (χ0v) is 16.8. The van der Waals surface area contributed by atoms with Crippen molar-refractivity contribution in [1.82, 2.24) is 9.38 Å². The maximum atomic E-state index is 9.12. The van der Waals surface area contributed by atoms with E-state index in [0.29, 0.717) is 29.3 Å². The van der Waals surface area contributed by atoms with Crippen molar-refractivity contribution in [2.24, 2.45) is 4.99 Å². The number of aromatic nitrogens is 2. The van der Waals surface area contributed by atoms with Gasteiger partial charge in [0.1, 0.15) is 35.8 Å². The molecule has 152 valence electrons. The summed E-state index contributed by atoms with van der Waals surface area (Å²) in [6, 6.07) is 13.3. The van der Waals surface area contributed by atoms with Crippen molar-refractivity contribution in [1.29, 1.82) is 5.26 Å². The summed E-state index contributed by atoms with van der Waals surface area (Å²) in [6.07, 6.45) is 4.27. The largest absolute Gasteiger partial charge is 0.486 e. The summed E-state index contributed by atoms with van der Waals surface area (Å²) in [5.41, 5.74) is 3.01. The number of hydrogen-bond donors (Lipinski definition) is 1. The topological polar surface area (TPSA) is 101 Å². The minimum atomic E-state index is 0.248. The number of hydrogen-bond acceptors (Lipinski definition) is 7. The molecule has 3 aromatic heterocycles. The lowest BCUT2D eigenvalue weighted by Crippen LogP contribution is -1.98. The third kappa shape index (κ3) is 3.91. The monoisotopic (exact) mass is 403 g/mol. The molecule has 0 fully saturated rings. The molecular weight excluding hydrogens is 382 g/mol. The van der Waals surface area contributed by atoms with Gasteiger partial charge in [0, 0.05) is 25.4 Å². The van der Waals surface area contributed by atoms with E-state index in [-0.39, 0.29) is 12.4 Å². The number of rotatable bonds is 7. The maximum Gasteiger partial charge on any atom is 0.394 e. The van der Waals surface area contributed by atoms with Crippen LogP contribution in [0.5, 0.6) is 5.75 Å². The van der Waals surface area contributed by atoms with Crippen LogP contribution < -0.4 is 15.8 Å². The normalized spacial score (nSPS) is 11.6. The van der Waals surface area contributed by atoms with E-state index in [2.05, 4.69) is 21.4 Å². The molecule has 0 aliphatic rings. The van der Waals surface area contributed by atoms with E-state index >= 15 is 0 Å². The molecular formula is C22H21N5O3. The van der Waals surface area contributed by atoms with Crippen LogP contribution in [0.2, 0.25) is 0 Å². The Balaban J connectivity index is 1.52. The van der Waals surface area contributed by atoms with Gasteiger partial charge in [-0.25, -0.2) is 9.98 Å². The van der Waals surface area contributed by atoms with Gasteiger partial charge in [0.05, 0.1) is 11.6 Å². The van der Waals surface area contributed by atoms with Crippen LogP contribution in [0.4, 0.5) is 5.82 Å². The first-order valence-electron chi connectivity index (χ1n) is 9.63. The van der Waals surface area contributed by atoms with Crippen LogP contribution in [0.3, 0.4) is 0 Å². The van der Waals surface area contributed by atoms with Gasteiger partial charge in [-0.15, -0.1) is 0 Å². The second-order valence-corrected chi connectivity index (χ2v) is 6.58. The Hall–Kier alpha value is -3.99. The first-order chi connectivity index (χ1) is 14.7. The first kappa shape index (κ1) is 19.3. The van der Waals surface area contributed by atoms with Crippen molar-refractivity contribution in [3.05, 3.63) is 65.9 Å². The first-order valence-corrected chi connectivity index (χ1v) is 9.63. The molecule has 0 saturated heterocycles. The van der Waals surface area contributed by atoms with Crippen LogP contribution in [-0.2, 0) is 6.61 Å². The Morgan fingerprint density at radius 1 is 1.27 bits per heavy atom. The molecule has 3 heterocycles. The van der Waals surface area contributed by atoms with Crippen molar-refractivity contribution < 1.29 is 13.6 Å². The van der Waals surface area contributed by atoms with Gasteiger partial charge in [-0.05, 0) is 42.8 Å². The van der Waals surface area contributed by atoms with Crippen molar-refractivity contribution in [2.75, 3.05) is 18.9 Å². The van der Waals surface area contributed by atoms with Gasteiger partial charge in [-0.2, -0.15) is 5.26 Å². The lowest BCUT2D eigenvalue weighted by molar-refractivity contribution is 0.259. The predicted molar refractivity (Wildman–Crippen MR) is 111 cm³/mol. The summed E-state index contributed by atoms with van der Waals surface area (Å²) < 4.78 is 18.4. The lowest BCUT2D eigenvalue weighted by atomic mass is 10.1. The third-order valence-electron chi connectivity index (χ3n) is 4.47. The van der Waals surface area contributed by atoms with Crippen LogP contribution in [0, 0.1) is 11.3 Å². The average Bonchev–Trinajstić information content (AvgIpc) is 3.40. The average molecular weight is 403 g/mol. The summed E-state index contributed by atoms with van der Waals surface area (Å²) >= 11 is 0. The Labute approximate surface area is 173 Å². The van der Waals surface area contributed by atoms with Crippen LogP contribution >= 0.6 is 0 Å². The van der Waals surface area contributed by atoms with Gasteiger partial charge in [0.25, 0.3) is 0 Å². The lowest BCUT2D eigenvalue weighted by Gasteiger charge is -2.06. The summed E-state index contributed by atoms with van der Waals surface area (Å²) in [5, 5.41) is 12.3. The minimum Gasteiger partial charge on any atom is -0.486 e. The molecule has 0 saturated carbocycles. The van der Waals surface area contributed by atoms with Crippen molar-refractivity contribution >= 4 is 11.5 Å². The van der Waals surface area contributed by atoms with Gasteiger partial charge in [0.2, 0.25) is 0 Å². The van der Waals surface area contributed by atoms with Gasteiger partial charge >= 0.3 is 5.75 Å². The predicted octanol–water partition coefficient (Wildman–Crippen LogP) is 3.99. The molecule has 0 amide bonds. The van der Waals surface area contributed by atoms with E-state index in [9.17, 15) is 0 Å². The Morgan fingerprint density at radius 2 is 2.10 bits per heavy atom. The number of fused-ring (bicyclic) bond motifs is 1. The molecule has 0 unspecified atom stereocenters. The van der Waals surface area contributed by atoms with Gasteiger partial charge in [-0.1, -0.05) is 6.92 Å². The second kappa shape index (κ2) is 8.57.